The van der Waals surface area contributed by atoms with Gasteiger partial charge in [0.15, 0.2) is 5.96 Å². The molecule has 2 N–H and O–H groups in total. The summed E-state index contributed by atoms with van der Waals surface area (Å²) >= 11 is 0. The summed E-state index contributed by atoms with van der Waals surface area (Å²) in [6, 6.07) is 4.48. The minimum Gasteiger partial charge on any atom is -0.497 e. The van der Waals surface area contributed by atoms with E-state index < -0.39 is 0 Å². The fraction of sp³-hybridized carbons (Fsp3) is 0.529. The van der Waals surface area contributed by atoms with Crippen LogP contribution in [0, 0.1) is 5.82 Å². The highest BCUT2D eigenvalue weighted by Gasteiger charge is 2.06. The lowest BCUT2D eigenvalue weighted by molar-refractivity contribution is -0.127. The summed E-state index contributed by atoms with van der Waals surface area (Å²) in [7, 11) is 4.89. The van der Waals surface area contributed by atoms with Gasteiger partial charge in [0.2, 0.25) is 5.91 Å². The van der Waals surface area contributed by atoms with Crippen LogP contribution in [-0.4, -0.2) is 51.1 Å². The molecule has 1 aromatic carbocycles. The number of rotatable bonds is 8. The highest BCUT2D eigenvalue weighted by molar-refractivity contribution is 14.0. The predicted molar refractivity (Wildman–Crippen MR) is 109 cm³/mol. The maximum atomic E-state index is 13.5. The molecule has 0 bridgehead atoms. The highest BCUT2D eigenvalue weighted by atomic mass is 127. The van der Waals surface area contributed by atoms with Crippen molar-refractivity contribution in [3.63, 3.8) is 0 Å². The number of nitrogens with zero attached hydrogens (tertiary/aromatic N) is 2. The van der Waals surface area contributed by atoms with E-state index in [1.165, 1.54) is 24.1 Å². The number of ether oxygens (including phenoxy) is 1. The Kier molecular flexibility index (Phi) is 11.9. The van der Waals surface area contributed by atoms with Gasteiger partial charge < -0.3 is 20.3 Å². The third-order valence-corrected chi connectivity index (χ3v) is 3.32. The number of nitrogens with one attached hydrogen (secondary N) is 2. The zero-order chi connectivity index (χ0) is 17.9. The Morgan fingerprint density at radius 2 is 2.00 bits per heavy atom. The lowest BCUT2D eigenvalue weighted by atomic mass is 10.2. The second kappa shape index (κ2) is 12.7. The molecule has 0 aliphatic carbocycles. The first-order valence-electron chi connectivity index (χ1n) is 8.02. The smallest absolute Gasteiger partial charge is 0.241 e. The minimum atomic E-state index is -0.365. The molecule has 25 heavy (non-hydrogen) atoms. The standard InChI is InChI=1S/C17H27FN4O2.HI/c1-5-6-7-19-17(21-12-16(23)22(2)3)20-11-13-8-14(18)10-15(9-13)24-4;/h8-10H,5-7,11-12H2,1-4H3,(H2,19,20,21);1H. The normalized spacial score (nSPS) is 10.7. The number of benzene rings is 1. The maximum Gasteiger partial charge on any atom is 0.241 e. The molecule has 0 aliphatic rings. The van der Waals surface area contributed by atoms with Crippen LogP contribution in [0.15, 0.2) is 23.2 Å². The molecule has 0 aliphatic heterocycles. The molecule has 0 fully saturated rings. The van der Waals surface area contributed by atoms with E-state index in [9.17, 15) is 9.18 Å². The van der Waals surface area contributed by atoms with Crippen LogP contribution < -0.4 is 15.4 Å². The Bertz CT molecular complexity index is 568. The van der Waals surface area contributed by atoms with E-state index in [1.54, 1.807) is 20.2 Å². The molecule has 1 amide bonds. The zero-order valence-electron chi connectivity index (χ0n) is 15.3. The zero-order valence-corrected chi connectivity index (χ0v) is 17.6. The summed E-state index contributed by atoms with van der Waals surface area (Å²) in [5.41, 5.74) is 0.697. The molecule has 0 atom stereocenters. The second-order valence-corrected chi connectivity index (χ2v) is 5.59. The van der Waals surface area contributed by atoms with Crippen LogP contribution in [0.4, 0.5) is 4.39 Å². The molecule has 0 radical (unpaired) electrons. The lowest BCUT2D eigenvalue weighted by Gasteiger charge is -2.15. The molecule has 1 rings (SSSR count). The quantitative estimate of drug-likeness (QED) is 0.267. The van der Waals surface area contributed by atoms with Gasteiger partial charge in [-0.15, -0.1) is 24.0 Å². The highest BCUT2D eigenvalue weighted by Crippen LogP contribution is 2.16. The summed E-state index contributed by atoms with van der Waals surface area (Å²) in [5, 5.41) is 6.17. The van der Waals surface area contributed by atoms with Crippen LogP contribution in [0.2, 0.25) is 0 Å². The van der Waals surface area contributed by atoms with Gasteiger partial charge in [-0.05, 0) is 24.1 Å². The Morgan fingerprint density at radius 1 is 1.28 bits per heavy atom. The lowest BCUT2D eigenvalue weighted by Crippen LogP contribution is -2.43. The van der Waals surface area contributed by atoms with Crippen LogP contribution in [-0.2, 0) is 11.3 Å². The number of guanidine groups is 1. The topological polar surface area (TPSA) is 66.0 Å². The van der Waals surface area contributed by atoms with Gasteiger partial charge in [-0.2, -0.15) is 0 Å². The van der Waals surface area contributed by atoms with Crippen molar-refractivity contribution in [2.75, 3.05) is 34.3 Å². The number of amides is 1. The first-order valence-corrected chi connectivity index (χ1v) is 8.02. The molecule has 0 saturated carbocycles. The van der Waals surface area contributed by atoms with Crippen molar-refractivity contribution < 1.29 is 13.9 Å². The van der Waals surface area contributed by atoms with Crippen LogP contribution >= 0.6 is 24.0 Å². The van der Waals surface area contributed by atoms with Gasteiger partial charge in [-0.3, -0.25) is 4.79 Å². The van der Waals surface area contributed by atoms with Gasteiger partial charge in [0.05, 0.1) is 20.2 Å². The van der Waals surface area contributed by atoms with Crippen molar-refractivity contribution in [3.8, 4) is 5.75 Å². The summed E-state index contributed by atoms with van der Waals surface area (Å²) in [5.74, 6) is 0.571. The number of carbonyl (C=O) groups excluding carboxylic acids is 1. The van der Waals surface area contributed by atoms with Gasteiger partial charge in [0, 0.05) is 26.7 Å². The first-order chi connectivity index (χ1) is 11.5. The third-order valence-electron chi connectivity index (χ3n) is 3.32. The molecule has 0 spiro atoms. The molecule has 6 nitrogen and oxygen atoms in total. The van der Waals surface area contributed by atoms with E-state index >= 15 is 0 Å². The van der Waals surface area contributed by atoms with Crippen molar-refractivity contribution in [1.82, 2.24) is 15.5 Å². The van der Waals surface area contributed by atoms with Crippen molar-refractivity contribution in [1.29, 1.82) is 0 Å². The van der Waals surface area contributed by atoms with E-state index in [0.29, 0.717) is 17.3 Å². The first kappa shape index (κ1) is 23.4. The van der Waals surface area contributed by atoms with E-state index in [0.717, 1.165) is 19.4 Å². The van der Waals surface area contributed by atoms with E-state index in [1.807, 2.05) is 0 Å². The Hall–Kier alpha value is -1.58. The fourth-order valence-corrected chi connectivity index (χ4v) is 1.88. The summed E-state index contributed by atoms with van der Waals surface area (Å²) < 4.78 is 18.6. The van der Waals surface area contributed by atoms with E-state index in [2.05, 4.69) is 22.5 Å². The molecule has 8 heteroatoms. The average Bonchev–Trinajstić information content (AvgIpc) is 2.55. The monoisotopic (exact) mass is 466 g/mol. The number of hydrogen-bond donors (Lipinski definition) is 2. The molecule has 1 aromatic rings. The SMILES string of the molecule is CCCCNC(=NCc1cc(F)cc(OC)c1)NCC(=O)N(C)C.I. The van der Waals surface area contributed by atoms with Crippen molar-refractivity contribution in [2.45, 2.75) is 26.3 Å². The Morgan fingerprint density at radius 3 is 2.60 bits per heavy atom. The minimum absolute atomic E-state index is 0. The van der Waals surface area contributed by atoms with Gasteiger partial charge in [-0.1, -0.05) is 13.3 Å². The van der Waals surface area contributed by atoms with Crippen LogP contribution in [0.3, 0.4) is 0 Å². The van der Waals surface area contributed by atoms with Crippen molar-refractivity contribution >= 4 is 35.8 Å². The van der Waals surface area contributed by atoms with Gasteiger partial charge in [-0.25, -0.2) is 9.38 Å². The molecule has 0 heterocycles. The molecular weight excluding hydrogens is 438 g/mol. The molecule has 0 unspecified atom stereocenters. The fourth-order valence-electron chi connectivity index (χ4n) is 1.88. The molecule has 142 valence electrons. The van der Waals surface area contributed by atoms with Crippen LogP contribution in [0.1, 0.15) is 25.3 Å². The average molecular weight is 466 g/mol. The predicted octanol–water partition coefficient (Wildman–Crippen LogP) is 2.38. The molecular formula is C17H28FIN4O2. The summed E-state index contributed by atoms with van der Waals surface area (Å²) in [6.07, 6.45) is 2.05. The largest absolute Gasteiger partial charge is 0.497 e. The van der Waals surface area contributed by atoms with Gasteiger partial charge in [0.25, 0.3) is 0 Å². The number of hydrogen-bond acceptors (Lipinski definition) is 3. The molecule has 0 saturated heterocycles. The van der Waals surface area contributed by atoms with E-state index in [-0.39, 0.29) is 48.8 Å². The van der Waals surface area contributed by atoms with E-state index in [4.69, 9.17) is 4.74 Å². The number of carbonyl (C=O) groups is 1. The van der Waals surface area contributed by atoms with Gasteiger partial charge >= 0.3 is 0 Å². The number of halogens is 2. The number of likely N-dealkylation sites (N-methyl/N-ethyl adjacent to an activating group) is 1. The Labute approximate surface area is 166 Å². The number of unbranched alkanes of at least 4 members (excludes halogenated alkanes) is 1. The van der Waals surface area contributed by atoms with Crippen molar-refractivity contribution in [3.05, 3.63) is 29.6 Å². The van der Waals surface area contributed by atoms with Crippen LogP contribution in [0.5, 0.6) is 5.75 Å². The number of aliphatic imine (C=N–C) groups is 1. The van der Waals surface area contributed by atoms with Gasteiger partial charge in [0.1, 0.15) is 11.6 Å². The summed E-state index contributed by atoms with van der Waals surface area (Å²) in [6.45, 7) is 3.29. The third kappa shape index (κ3) is 9.47. The second-order valence-electron chi connectivity index (χ2n) is 5.59. The maximum absolute atomic E-state index is 13.5. The number of methoxy groups -OCH3 is 1. The summed E-state index contributed by atoms with van der Waals surface area (Å²) in [4.78, 5) is 17.6. The van der Waals surface area contributed by atoms with Crippen molar-refractivity contribution in [2.24, 2.45) is 4.99 Å². The Balaban J connectivity index is 0.00000576. The van der Waals surface area contributed by atoms with Crippen LogP contribution in [0.25, 0.3) is 0 Å². The molecule has 0 aromatic heterocycles.